The standard InChI is InChI=1S/C25H33NO3/c1-16-8-13-22-20(14-16)21(15-25(6,7)29-22)26-23(27)17(2)28-19-11-9-18(10-12-19)24(3,4)5/h8-14,17,21H,15H2,1-7H3,(H,26,27)/t17-,21+/m1/s1. The predicted octanol–water partition coefficient (Wildman–Crippen LogP) is 5.48. The van der Waals surface area contributed by atoms with Crippen molar-refractivity contribution in [1.82, 2.24) is 5.32 Å². The van der Waals surface area contributed by atoms with Gasteiger partial charge in [0.1, 0.15) is 17.1 Å². The van der Waals surface area contributed by atoms with Crippen LogP contribution in [0.25, 0.3) is 0 Å². The van der Waals surface area contributed by atoms with Gasteiger partial charge in [-0.25, -0.2) is 0 Å². The zero-order valence-corrected chi connectivity index (χ0v) is 18.6. The summed E-state index contributed by atoms with van der Waals surface area (Å²) in [6, 6.07) is 14.0. The van der Waals surface area contributed by atoms with E-state index in [9.17, 15) is 4.79 Å². The molecule has 0 bridgehead atoms. The molecule has 0 aromatic heterocycles. The van der Waals surface area contributed by atoms with Gasteiger partial charge in [-0.05, 0) is 56.9 Å². The predicted molar refractivity (Wildman–Crippen MR) is 117 cm³/mol. The Kier molecular flexibility index (Phi) is 5.66. The number of carbonyl (C=O) groups is 1. The molecule has 2 aromatic carbocycles. The number of nitrogens with one attached hydrogen (secondary N) is 1. The van der Waals surface area contributed by atoms with Crippen molar-refractivity contribution < 1.29 is 14.3 Å². The Morgan fingerprint density at radius 1 is 1.17 bits per heavy atom. The van der Waals surface area contributed by atoms with E-state index >= 15 is 0 Å². The van der Waals surface area contributed by atoms with Crippen LogP contribution in [0.4, 0.5) is 0 Å². The minimum absolute atomic E-state index is 0.0862. The van der Waals surface area contributed by atoms with Crippen LogP contribution in [0.15, 0.2) is 42.5 Å². The van der Waals surface area contributed by atoms with Crippen molar-refractivity contribution in [2.45, 2.75) is 78.0 Å². The molecule has 0 unspecified atom stereocenters. The molecule has 1 aliphatic rings. The fourth-order valence-corrected chi connectivity index (χ4v) is 3.68. The van der Waals surface area contributed by atoms with Crippen molar-refractivity contribution in [2.24, 2.45) is 0 Å². The number of benzene rings is 2. The number of amides is 1. The first kappa shape index (κ1) is 21.2. The van der Waals surface area contributed by atoms with Gasteiger partial charge in [0.25, 0.3) is 5.91 Å². The lowest BCUT2D eigenvalue weighted by molar-refractivity contribution is -0.128. The van der Waals surface area contributed by atoms with E-state index in [4.69, 9.17) is 9.47 Å². The first-order valence-corrected chi connectivity index (χ1v) is 10.3. The van der Waals surface area contributed by atoms with E-state index in [1.165, 1.54) is 5.56 Å². The maximum absolute atomic E-state index is 12.9. The van der Waals surface area contributed by atoms with Gasteiger partial charge in [0, 0.05) is 12.0 Å². The van der Waals surface area contributed by atoms with Crippen molar-refractivity contribution in [2.75, 3.05) is 0 Å². The molecule has 0 saturated carbocycles. The second-order valence-corrected chi connectivity index (χ2v) is 9.70. The highest BCUT2D eigenvalue weighted by Gasteiger charge is 2.35. The number of hydrogen-bond acceptors (Lipinski definition) is 3. The van der Waals surface area contributed by atoms with Crippen molar-refractivity contribution >= 4 is 5.91 Å². The zero-order chi connectivity index (χ0) is 21.4. The number of hydrogen-bond donors (Lipinski definition) is 1. The normalized spacial score (nSPS) is 18.9. The van der Waals surface area contributed by atoms with Gasteiger partial charge in [0.2, 0.25) is 0 Å². The summed E-state index contributed by atoms with van der Waals surface area (Å²) in [7, 11) is 0. The van der Waals surface area contributed by atoms with Gasteiger partial charge >= 0.3 is 0 Å². The summed E-state index contributed by atoms with van der Waals surface area (Å²) in [5, 5.41) is 3.17. The van der Waals surface area contributed by atoms with E-state index in [2.05, 4.69) is 44.3 Å². The maximum Gasteiger partial charge on any atom is 0.261 e. The van der Waals surface area contributed by atoms with Gasteiger partial charge in [-0.3, -0.25) is 4.79 Å². The molecule has 0 saturated heterocycles. The molecular formula is C25H33NO3. The number of rotatable bonds is 4. The SMILES string of the molecule is Cc1ccc2c(c1)[C@@H](NC(=O)[C@@H](C)Oc1ccc(C(C)(C)C)cc1)CC(C)(C)O2. The van der Waals surface area contributed by atoms with Crippen LogP contribution in [-0.4, -0.2) is 17.6 Å². The molecule has 0 radical (unpaired) electrons. The molecule has 0 fully saturated rings. The van der Waals surface area contributed by atoms with E-state index < -0.39 is 6.10 Å². The molecule has 2 aromatic rings. The minimum atomic E-state index is -0.588. The molecule has 3 rings (SSSR count). The smallest absolute Gasteiger partial charge is 0.261 e. The van der Waals surface area contributed by atoms with Gasteiger partial charge < -0.3 is 14.8 Å². The average molecular weight is 396 g/mol. The summed E-state index contributed by atoms with van der Waals surface area (Å²) >= 11 is 0. The van der Waals surface area contributed by atoms with Gasteiger partial charge in [0.05, 0.1) is 6.04 Å². The highest BCUT2D eigenvalue weighted by atomic mass is 16.5. The minimum Gasteiger partial charge on any atom is -0.487 e. The van der Waals surface area contributed by atoms with E-state index in [-0.39, 0.29) is 23.0 Å². The molecule has 4 nitrogen and oxygen atoms in total. The molecule has 1 heterocycles. The second-order valence-electron chi connectivity index (χ2n) is 9.70. The lowest BCUT2D eigenvalue weighted by atomic mass is 9.87. The Morgan fingerprint density at radius 3 is 2.45 bits per heavy atom. The third kappa shape index (κ3) is 5.11. The third-order valence-corrected chi connectivity index (χ3v) is 5.34. The molecule has 1 N–H and O–H groups in total. The maximum atomic E-state index is 12.9. The van der Waals surface area contributed by atoms with Crippen molar-refractivity contribution in [3.05, 3.63) is 59.2 Å². The second kappa shape index (κ2) is 7.74. The molecule has 2 atom stereocenters. The van der Waals surface area contributed by atoms with E-state index in [0.29, 0.717) is 12.2 Å². The van der Waals surface area contributed by atoms with Crippen LogP contribution in [0.5, 0.6) is 11.5 Å². The van der Waals surface area contributed by atoms with Crippen LogP contribution in [-0.2, 0) is 10.2 Å². The summed E-state index contributed by atoms with van der Waals surface area (Å²) in [6.45, 7) is 14.5. The lowest BCUT2D eigenvalue weighted by Crippen LogP contribution is -2.44. The number of ether oxygens (including phenoxy) is 2. The van der Waals surface area contributed by atoms with Gasteiger partial charge in [-0.1, -0.05) is 50.6 Å². The van der Waals surface area contributed by atoms with E-state index in [1.807, 2.05) is 45.0 Å². The van der Waals surface area contributed by atoms with E-state index in [0.717, 1.165) is 16.9 Å². The summed E-state index contributed by atoms with van der Waals surface area (Å²) in [6.07, 6.45) is 0.122. The Morgan fingerprint density at radius 2 is 1.83 bits per heavy atom. The highest BCUT2D eigenvalue weighted by molar-refractivity contribution is 5.81. The van der Waals surface area contributed by atoms with Crippen molar-refractivity contribution in [1.29, 1.82) is 0 Å². The van der Waals surface area contributed by atoms with Crippen molar-refractivity contribution in [3.63, 3.8) is 0 Å². The molecule has 29 heavy (non-hydrogen) atoms. The fraction of sp³-hybridized carbons (Fsp3) is 0.480. The highest BCUT2D eigenvalue weighted by Crippen LogP contribution is 2.40. The summed E-state index contributed by atoms with van der Waals surface area (Å²) in [5.41, 5.74) is 3.16. The number of carbonyl (C=O) groups excluding carboxylic acids is 1. The molecular weight excluding hydrogens is 362 g/mol. The van der Waals surface area contributed by atoms with Crippen molar-refractivity contribution in [3.8, 4) is 11.5 Å². The lowest BCUT2D eigenvalue weighted by Gasteiger charge is -2.38. The summed E-state index contributed by atoms with van der Waals surface area (Å²) < 4.78 is 12.0. The molecule has 1 amide bonds. The van der Waals surface area contributed by atoms with Crippen LogP contribution in [0.1, 0.15) is 70.7 Å². The van der Waals surface area contributed by atoms with Crippen LogP contribution < -0.4 is 14.8 Å². The Hall–Kier alpha value is -2.49. The monoisotopic (exact) mass is 395 g/mol. The Balaban J connectivity index is 1.70. The number of aryl methyl sites for hydroxylation is 1. The Bertz CT molecular complexity index is 878. The topological polar surface area (TPSA) is 47.6 Å². The van der Waals surface area contributed by atoms with Crippen LogP contribution in [0, 0.1) is 6.92 Å². The summed E-state index contributed by atoms with van der Waals surface area (Å²) in [4.78, 5) is 12.9. The fourth-order valence-electron chi connectivity index (χ4n) is 3.68. The first-order chi connectivity index (χ1) is 13.4. The zero-order valence-electron chi connectivity index (χ0n) is 18.6. The van der Waals surface area contributed by atoms with Gasteiger partial charge in [-0.2, -0.15) is 0 Å². The van der Waals surface area contributed by atoms with Gasteiger partial charge in [-0.15, -0.1) is 0 Å². The van der Waals surface area contributed by atoms with E-state index in [1.54, 1.807) is 6.92 Å². The first-order valence-electron chi connectivity index (χ1n) is 10.3. The van der Waals surface area contributed by atoms with Gasteiger partial charge in [0.15, 0.2) is 6.10 Å². The molecule has 1 aliphatic heterocycles. The molecule has 4 heteroatoms. The summed E-state index contributed by atoms with van der Waals surface area (Å²) in [5.74, 6) is 1.41. The van der Waals surface area contributed by atoms with Crippen LogP contribution in [0.3, 0.4) is 0 Å². The number of fused-ring (bicyclic) bond motifs is 1. The quantitative estimate of drug-likeness (QED) is 0.746. The Labute approximate surface area is 174 Å². The average Bonchev–Trinajstić information content (AvgIpc) is 2.61. The largest absolute Gasteiger partial charge is 0.487 e. The van der Waals surface area contributed by atoms with Crippen LogP contribution >= 0.6 is 0 Å². The van der Waals surface area contributed by atoms with Crippen LogP contribution in [0.2, 0.25) is 0 Å². The molecule has 156 valence electrons. The molecule has 0 aliphatic carbocycles. The molecule has 0 spiro atoms. The third-order valence-electron chi connectivity index (χ3n) is 5.34.